The number of anilines is 2. The van der Waals surface area contributed by atoms with Crippen LogP contribution in [-0.4, -0.2) is 114 Å². The molecule has 2 atom stereocenters. The van der Waals surface area contributed by atoms with E-state index in [-0.39, 0.29) is 81.6 Å². The number of fused-ring (bicyclic) bond motifs is 4. The Morgan fingerprint density at radius 1 is 1.04 bits per heavy atom. The van der Waals surface area contributed by atoms with Crippen LogP contribution in [0.3, 0.4) is 0 Å². The summed E-state index contributed by atoms with van der Waals surface area (Å²) in [7, 11) is 3.33. The molecule has 0 radical (unpaired) electrons. The second-order valence-electron chi connectivity index (χ2n) is 15.4. The van der Waals surface area contributed by atoms with Crippen molar-refractivity contribution in [2.24, 2.45) is 5.41 Å². The summed E-state index contributed by atoms with van der Waals surface area (Å²) in [6, 6.07) is 3.47. The van der Waals surface area contributed by atoms with E-state index < -0.39 is 42.0 Å². The summed E-state index contributed by atoms with van der Waals surface area (Å²) >= 11 is 0. The van der Waals surface area contributed by atoms with E-state index in [1.165, 1.54) is 18.2 Å². The molecule has 2 bridgehead atoms. The Morgan fingerprint density at radius 3 is 2.35 bits per heavy atom. The van der Waals surface area contributed by atoms with Crippen molar-refractivity contribution in [2.45, 2.75) is 63.0 Å². The number of phenolic OH excluding ortho intramolecular Hbond substituents is 1. The van der Waals surface area contributed by atoms with Crippen LogP contribution in [0.4, 0.5) is 38.0 Å². The smallest absolute Gasteiger partial charge is 0.471 e. The highest BCUT2D eigenvalue weighted by Gasteiger charge is 2.52. The molecule has 16 heteroatoms. The summed E-state index contributed by atoms with van der Waals surface area (Å²) < 4.78 is 93.4. The number of amides is 1. The fourth-order valence-electron chi connectivity index (χ4n) is 8.50. The minimum Gasteiger partial charge on any atom is -0.508 e. The van der Waals surface area contributed by atoms with E-state index in [2.05, 4.69) is 15.8 Å². The number of hydrogen-bond donors (Lipinski definition) is 1. The van der Waals surface area contributed by atoms with Crippen molar-refractivity contribution in [3.8, 4) is 35.4 Å². The summed E-state index contributed by atoms with van der Waals surface area (Å²) in [5, 5.41) is 11.4. The first kappa shape index (κ1) is 36.9. The van der Waals surface area contributed by atoms with Crippen molar-refractivity contribution < 1.29 is 41.0 Å². The number of nitrogens with zero attached hydrogens (tertiary/aromatic N) is 7. The molecule has 0 unspecified atom stereocenters. The molecule has 5 heterocycles. The maximum Gasteiger partial charge on any atom is 0.471 e. The molecular formula is C39H39F6N7O3. The van der Waals surface area contributed by atoms with E-state index in [1.807, 2.05) is 0 Å². The maximum atomic E-state index is 17.3. The van der Waals surface area contributed by atoms with Crippen molar-refractivity contribution in [1.29, 1.82) is 0 Å². The molecule has 8 rings (SSSR count). The van der Waals surface area contributed by atoms with E-state index in [4.69, 9.17) is 21.1 Å². The topological polar surface area (TPSA) is 98.2 Å². The lowest BCUT2D eigenvalue weighted by molar-refractivity contribution is -0.188. The first-order valence-corrected chi connectivity index (χ1v) is 18.3. The van der Waals surface area contributed by atoms with Crippen LogP contribution in [0.1, 0.15) is 44.1 Å². The van der Waals surface area contributed by atoms with Crippen molar-refractivity contribution >= 4 is 39.2 Å². The number of phenols is 1. The third-order valence-corrected chi connectivity index (χ3v) is 11.4. The van der Waals surface area contributed by atoms with Gasteiger partial charge in [0, 0.05) is 63.2 Å². The van der Waals surface area contributed by atoms with E-state index in [9.17, 15) is 27.5 Å². The molecule has 4 fully saturated rings. The maximum absolute atomic E-state index is 17.3. The largest absolute Gasteiger partial charge is 0.508 e. The zero-order valence-corrected chi connectivity index (χ0v) is 30.3. The van der Waals surface area contributed by atoms with Gasteiger partial charge in [0.05, 0.1) is 29.6 Å². The number of hydrogen-bond acceptors (Lipinski definition) is 9. The first-order valence-electron chi connectivity index (χ1n) is 18.3. The molecule has 55 heavy (non-hydrogen) atoms. The molecule has 3 saturated heterocycles. The molecule has 1 amide bonds. The van der Waals surface area contributed by atoms with Gasteiger partial charge in [-0.3, -0.25) is 4.79 Å². The standard InChI is InChI=1S/C39H39F6N7O3/c1-4-26-28(41)8-5-21-15-25(53)16-27(29(21)26)32-31(42)33-30(34(46-32)49(2)3)35(51-17-23-6-7-24(18-51)52(23)36(54)39(43,44)45)48-37(47-33)55-20-38(11-12-38)19-50-13-9-22(40)10-14-50/h1,5,8,15-16,22-24,53H,6-7,9-14,17-20H2,2-3H3/t23-,24+. The summed E-state index contributed by atoms with van der Waals surface area (Å²) in [5.74, 6) is -1.13. The van der Waals surface area contributed by atoms with Gasteiger partial charge in [0.15, 0.2) is 5.82 Å². The Balaban J connectivity index is 1.26. The predicted molar refractivity (Wildman–Crippen MR) is 194 cm³/mol. The molecule has 1 aliphatic carbocycles. The fourth-order valence-corrected chi connectivity index (χ4v) is 8.50. The Hall–Kier alpha value is -5.04. The van der Waals surface area contributed by atoms with Crippen LogP contribution < -0.4 is 14.5 Å². The predicted octanol–water partition coefficient (Wildman–Crippen LogP) is 6.21. The number of halogens is 6. The summed E-state index contributed by atoms with van der Waals surface area (Å²) in [6.07, 6.45) is 3.19. The number of pyridine rings is 1. The number of rotatable bonds is 8. The summed E-state index contributed by atoms with van der Waals surface area (Å²) in [6.45, 7) is 2.11. The van der Waals surface area contributed by atoms with E-state index in [0.717, 1.165) is 23.8 Å². The average molecular weight is 768 g/mol. The molecule has 4 aromatic rings. The van der Waals surface area contributed by atoms with E-state index in [1.54, 1.807) is 23.9 Å². The molecular weight excluding hydrogens is 728 g/mol. The van der Waals surface area contributed by atoms with Gasteiger partial charge in [-0.1, -0.05) is 12.0 Å². The Morgan fingerprint density at radius 2 is 1.73 bits per heavy atom. The monoisotopic (exact) mass is 767 g/mol. The average Bonchev–Trinajstić information content (AvgIpc) is 3.86. The van der Waals surface area contributed by atoms with Crippen LogP contribution in [0.25, 0.3) is 32.9 Å². The Labute approximate surface area is 313 Å². The molecule has 4 aliphatic rings. The van der Waals surface area contributed by atoms with Crippen LogP contribution in [0, 0.1) is 29.4 Å². The number of alkyl halides is 4. The highest BCUT2D eigenvalue weighted by molar-refractivity contribution is 6.06. The van der Waals surface area contributed by atoms with Gasteiger partial charge >= 0.3 is 18.1 Å². The van der Waals surface area contributed by atoms with Crippen molar-refractivity contribution in [1.82, 2.24) is 24.8 Å². The van der Waals surface area contributed by atoms with Gasteiger partial charge in [-0.15, -0.1) is 6.42 Å². The van der Waals surface area contributed by atoms with Gasteiger partial charge in [-0.05, 0) is 62.1 Å². The number of terminal acetylenes is 1. The van der Waals surface area contributed by atoms with Gasteiger partial charge in [0.1, 0.15) is 40.6 Å². The molecule has 1 saturated carbocycles. The number of ether oxygens (including phenoxy) is 1. The van der Waals surface area contributed by atoms with Crippen LogP contribution >= 0.6 is 0 Å². The van der Waals surface area contributed by atoms with Crippen molar-refractivity contribution in [3.63, 3.8) is 0 Å². The number of carbonyl (C=O) groups is 1. The van der Waals surface area contributed by atoms with Crippen LogP contribution in [0.15, 0.2) is 24.3 Å². The lowest BCUT2D eigenvalue weighted by Gasteiger charge is -2.42. The SMILES string of the molecule is C#Cc1c(F)ccc2cc(O)cc(-c3nc(N(C)C)c4c(N5C[C@H]6CC[C@@H](C5)N6C(=O)C(F)(F)F)nc(OCC5(CN6CCC(F)CC6)CC5)nc4c3F)c12. The highest BCUT2D eigenvalue weighted by atomic mass is 19.4. The van der Waals surface area contributed by atoms with Gasteiger partial charge in [-0.2, -0.15) is 23.1 Å². The first-order chi connectivity index (χ1) is 26.2. The second-order valence-corrected chi connectivity index (χ2v) is 15.4. The number of aromatic hydroxyl groups is 1. The molecule has 2 aromatic carbocycles. The number of piperidine rings is 1. The van der Waals surface area contributed by atoms with Crippen LogP contribution in [0.5, 0.6) is 11.8 Å². The Kier molecular flexibility index (Phi) is 9.13. The van der Waals surface area contributed by atoms with Gasteiger partial charge in [0.2, 0.25) is 0 Å². The summed E-state index contributed by atoms with van der Waals surface area (Å²) in [5.41, 5.74) is -0.888. The van der Waals surface area contributed by atoms with Crippen molar-refractivity contribution in [2.75, 3.05) is 63.2 Å². The number of benzene rings is 2. The molecule has 1 N–H and O–H groups in total. The molecule has 0 spiro atoms. The van der Waals surface area contributed by atoms with Gasteiger partial charge in [-0.25, -0.2) is 18.2 Å². The molecule has 2 aromatic heterocycles. The normalized spacial score (nSPS) is 21.3. The fraction of sp³-hybridized carbons (Fsp3) is 0.487. The minimum absolute atomic E-state index is 0.0129. The van der Waals surface area contributed by atoms with Crippen LogP contribution in [-0.2, 0) is 4.79 Å². The van der Waals surface area contributed by atoms with E-state index in [0.29, 0.717) is 50.7 Å². The number of piperazine rings is 1. The van der Waals surface area contributed by atoms with Gasteiger partial charge < -0.3 is 29.4 Å². The third kappa shape index (κ3) is 6.70. The number of carbonyl (C=O) groups excluding carboxylic acids is 1. The quantitative estimate of drug-likeness (QED) is 0.166. The van der Waals surface area contributed by atoms with E-state index >= 15 is 8.78 Å². The lowest BCUT2D eigenvalue weighted by Crippen LogP contribution is -2.59. The third-order valence-electron chi connectivity index (χ3n) is 11.4. The number of likely N-dealkylation sites (tertiary alicyclic amines) is 1. The Bertz CT molecular complexity index is 2220. The van der Waals surface area contributed by atoms with Crippen molar-refractivity contribution in [3.05, 3.63) is 41.5 Å². The summed E-state index contributed by atoms with van der Waals surface area (Å²) in [4.78, 5) is 33.0. The molecule has 3 aliphatic heterocycles. The zero-order chi connectivity index (χ0) is 39.0. The van der Waals surface area contributed by atoms with Crippen LogP contribution in [0.2, 0.25) is 0 Å². The lowest BCUT2D eigenvalue weighted by atomic mass is 9.95. The highest BCUT2D eigenvalue weighted by Crippen LogP contribution is 2.48. The zero-order valence-electron chi connectivity index (χ0n) is 30.3. The molecule has 10 nitrogen and oxygen atoms in total. The van der Waals surface area contributed by atoms with Gasteiger partial charge in [0.25, 0.3) is 0 Å². The second kappa shape index (κ2) is 13.6. The molecule has 290 valence electrons. The number of aromatic nitrogens is 3. The minimum atomic E-state index is -5.04.